The Hall–Kier alpha value is -1.78. The fraction of sp³-hybridized carbons (Fsp3) is 0.526. The van der Waals surface area contributed by atoms with E-state index in [2.05, 4.69) is 15.5 Å². The molecule has 2 atom stereocenters. The van der Waals surface area contributed by atoms with E-state index in [1.807, 2.05) is 16.7 Å². The number of nitrogens with one attached hydrogen (secondary N) is 1. The average Bonchev–Trinajstić information content (AvgIpc) is 3.37. The maximum Gasteiger partial charge on any atom is 0.233 e. The first-order valence-corrected chi connectivity index (χ1v) is 12.9. The molecule has 8 nitrogen and oxygen atoms in total. The summed E-state index contributed by atoms with van der Waals surface area (Å²) in [4.78, 5) is 12.5. The molecule has 162 valence electrons. The van der Waals surface area contributed by atoms with Gasteiger partial charge in [-0.25, -0.2) is 8.42 Å². The van der Waals surface area contributed by atoms with E-state index in [1.165, 1.54) is 11.8 Å². The van der Waals surface area contributed by atoms with Crippen LogP contribution < -0.4 is 10.1 Å². The smallest absolute Gasteiger partial charge is 0.233 e. The number of carbonyl (C=O) groups is 1. The van der Waals surface area contributed by atoms with Crippen molar-refractivity contribution in [2.45, 2.75) is 55.3 Å². The van der Waals surface area contributed by atoms with Crippen LogP contribution in [0.3, 0.4) is 0 Å². The molecule has 2 aromatic rings. The number of thioether (sulfide) groups is 1. The van der Waals surface area contributed by atoms with Crippen LogP contribution in [0.25, 0.3) is 0 Å². The minimum absolute atomic E-state index is 0.0118. The summed E-state index contributed by atoms with van der Waals surface area (Å²) >= 11 is 7.47. The maximum atomic E-state index is 12.5. The number of hydrogen-bond donors (Lipinski definition) is 1. The summed E-state index contributed by atoms with van der Waals surface area (Å²) in [6.07, 6.45) is 2.53. The molecular formula is C19H23ClN4O4S2. The molecular weight excluding hydrogens is 448 g/mol. The van der Waals surface area contributed by atoms with Crippen molar-refractivity contribution in [2.75, 3.05) is 11.5 Å². The summed E-state index contributed by atoms with van der Waals surface area (Å²) in [5.74, 6) is 1.22. The minimum Gasteiger partial charge on any atom is -0.484 e. The summed E-state index contributed by atoms with van der Waals surface area (Å²) in [6, 6.07) is 7.24. The summed E-state index contributed by atoms with van der Waals surface area (Å²) in [7, 11) is -3.04. The van der Waals surface area contributed by atoms with Crippen LogP contribution in [0, 0.1) is 0 Å². The Morgan fingerprint density at radius 3 is 2.77 bits per heavy atom. The van der Waals surface area contributed by atoms with Gasteiger partial charge in [0.15, 0.2) is 20.8 Å². The summed E-state index contributed by atoms with van der Waals surface area (Å²) in [5.41, 5.74) is 0. The number of aromatic nitrogens is 3. The van der Waals surface area contributed by atoms with Gasteiger partial charge in [-0.15, -0.1) is 10.2 Å². The fourth-order valence-corrected chi connectivity index (χ4v) is 6.14. The van der Waals surface area contributed by atoms with E-state index in [0.717, 1.165) is 12.8 Å². The molecule has 0 bridgehead atoms. The lowest BCUT2D eigenvalue weighted by Gasteiger charge is -2.16. The molecule has 2 fully saturated rings. The number of halogens is 1. The second-order valence-corrected chi connectivity index (χ2v) is 11.5. The van der Waals surface area contributed by atoms with Gasteiger partial charge < -0.3 is 10.1 Å². The second-order valence-electron chi connectivity index (χ2n) is 7.59. The van der Waals surface area contributed by atoms with Gasteiger partial charge in [-0.05, 0) is 38.3 Å². The van der Waals surface area contributed by atoms with Crippen LogP contribution in [0.4, 0.5) is 0 Å². The number of benzene rings is 1. The summed E-state index contributed by atoms with van der Waals surface area (Å²) < 4.78 is 31.0. The largest absolute Gasteiger partial charge is 0.484 e. The van der Waals surface area contributed by atoms with Crippen LogP contribution in [0.5, 0.6) is 5.75 Å². The van der Waals surface area contributed by atoms with Crippen molar-refractivity contribution >= 4 is 39.1 Å². The molecule has 11 heteroatoms. The number of rotatable bonds is 8. The lowest BCUT2D eigenvalue weighted by Crippen LogP contribution is -2.40. The molecule has 30 heavy (non-hydrogen) atoms. The number of nitrogens with zero attached hydrogens (tertiary/aromatic N) is 3. The first-order valence-electron chi connectivity index (χ1n) is 9.81. The number of hydrogen-bond acceptors (Lipinski definition) is 7. The molecule has 0 spiro atoms. The van der Waals surface area contributed by atoms with Crippen LogP contribution in [-0.4, -0.2) is 51.9 Å². The SMILES string of the molecule is C[C@@H](Sc1nnc(COc2ccccc2Cl)n1C1CC1)C(=O)N[C@@H]1CCS(=O)(=O)C1. The third kappa shape index (κ3) is 5.09. The van der Waals surface area contributed by atoms with Gasteiger partial charge in [0, 0.05) is 12.1 Å². The molecule has 1 aromatic carbocycles. The number of carbonyl (C=O) groups excluding carboxylic acids is 1. The van der Waals surface area contributed by atoms with Crippen LogP contribution in [0.15, 0.2) is 29.4 Å². The molecule has 1 amide bonds. The molecule has 4 rings (SSSR count). The monoisotopic (exact) mass is 470 g/mol. The molecule has 1 aliphatic heterocycles. The minimum atomic E-state index is -3.04. The predicted octanol–water partition coefficient (Wildman–Crippen LogP) is 2.63. The molecule has 1 aliphatic carbocycles. The van der Waals surface area contributed by atoms with Crippen molar-refractivity contribution in [1.29, 1.82) is 0 Å². The zero-order valence-electron chi connectivity index (χ0n) is 16.5. The number of amides is 1. The second kappa shape index (κ2) is 8.76. The number of sulfone groups is 1. The number of ether oxygens (including phenoxy) is 1. The van der Waals surface area contributed by atoms with Crippen molar-refractivity contribution in [3.63, 3.8) is 0 Å². The lowest BCUT2D eigenvalue weighted by atomic mass is 10.2. The normalized spacial score (nSPS) is 21.3. The quantitative estimate of drug-likeness (QED) is 0.591. The Labute approximate surface area is 184 Å². The highest BCUT2D eigenvalue weighted by molar-refractivity contribution is 8.00. The Kier molecular flexibility index (Phi) is 6.26. The zero-order chi connectivity index (χ0) is 21.3. The van der Waals surface area contributed by atoms with E-state index >= 15 is 0 Å². The molecule has 1 N–H and O–H groups in total. The molecule has 2 heterocycles. The van der Waals surface area contributed by atoms with Gasteiger partial charge in [-0.1, -0.05) is 35.5 Å². The molecule has 1 saturated carbocycles. The molecule has 1 aromatic heterocycles. The summed E-state index contributed by atoms with van der Waals surface area (Å²) in [5, 5.41) is 12.2. The van der Waals surface area contributed by atoms with Crippen molar-refractivity contribution in [1.82, 2.24) is 20.1 Å². The zero-order valence-corrected chi connectivity index (χ0v) is 18.8. The van der Waals surface area contributed by atoms with E-state index < -0.39 is 15.1 Å². The molecule has 2 aliphatic rings. The first kappa shape index (κ1) is 21.5. The van der Waals surface area contributed by atoms with Gasteiger partial charge in [0.1, 0.15) is 12.4 Å². The van der Waals surface area contributed by atoms with Crippen LogP contribution >= 0.6 is 23.4 Å². The predicted molar refractivity (Wildman–Crippen MR) is 115 cm³/mol. The van der Waals surface area contributed by atoms with Crippen LogP contribution in [0.1, 0.15) is 38.1 Å². The average molecular weight is 471 g/mol. The van der Waals surface area contributed by atoms with Gasteiger partial charge >= 0.3 is 0 Å². The van der Waals surface area contributed by atoms with Crippen LogP contribution in [-0.2, 0) is 21.2 Å². The van der Waals surface area contributed by atoms with Crippen molar-refractivity contribution in [3.8, 4) is 5.75 Å². The highest BCUT2D eigenvalue weighted by atomic mass is 35.5. The van der Waals surface area contributed by atoms with E-state index in [4.69, 9.17) is 16.3 Å². The van der Waals surface area contributed by atoms with Gasteiger partial charge in [0.2, 0.25) is 5.91 Å². The highest BCUT2D eigenvalue weighted by Crippen LogP contribution is 2.39. The Balaban J connectivity index is 1.40. The Morgan fingerprint density at radius 2 is 2.10 bits per heavy atom. The molecule has 1 saturated heterocycles. The third-order valence-corrected chi connectivity index (χ3v) is 8.21. The van der Waals surface area contributed by atoms with Crippen molar-refractivity contribution in [2.24, 2.45) is 0 Å². The van der Waals surface area contributed by atoms with E-state index in [1.54, 1.807) is 19.1 Å². The highest BCUT2D eigenvalue weighted by Gasteiger charge is 2.33. The van der Waals surface area contributed by atoms with Crippen molar-refractivity contribution < 1.29 is 17.9 Å². The Morgan fingerprint density at radius 1 is 1.33 bits per heavy atom. The summed E-state index contributed by atoms with van der Waals surface area (Å²) in [6.45, 7) is 2.02. The fourth-order valence-electron chi connectivity index (χ4n) is 3.33. The van der Waals surface area contributed by atoms with Gasteiger partial charge in [-0.3, -0.25) is 9.36 Å². The van der Waals surface area contributed by atoms with Gasteiger partial charge in [0.25, 0.3) is 0 Å². The maximum absolute atomic E-state index is 12.5. The van der Waals surface area contributed by atoms with Gasteiger partial charge in [0.05, 0.1) is 21.8 Å². The first-order chi connectivity index (χ1) is 14.3. The molecule has 0 unspecified atom stereocenters. The van der Waals surface area contributed by atoms with Gasteiger partial charge in [-0.2, -0.15) is 0 Å². The van der Waals surface area contributed by atoms with E-state index in [0.29, 0.717) is 34.2 Å². The van der Waals surface area contributed by atoms with Crippen LogP contribution in [0.2, 0.25) is 5.02 Å². The topological polar surface area (TPSA) is 103 Å². The number of para-hydroxylation sites is 1. The molecule has 0 radical (unpaired) electrons. The lowest BCUT2D eigenvalue weighted by molar-refractivity contribution is -0.120. The van der Waals surface area contributed by atoms with E-state index in [-0.39, 0.29) is 30.1 Å². The van der Waals surface area contributed by atoms with Crippen molar-refractivity contribution in [3.05, 3.63) is 35.1 Å². The Bertz CT molecular complexity index is 1040. The standard InChI is InChI=1S/C19H23ClN4O4S2/c1-12(18(25)21-13-8-9-30(26,27)11-13)29-19-23-22-17(24(19)14-6-7-14)10-28-16-5-3-2-4-15(16)20/h2-5,12-14H,6-11H2,1H3,(H,21,25)/t12-,13-/m1/s1. The third-order valence-electron chi connectivity index (χ3n) is 5.07. The van der Waals surface area contributed by atoms with E-state index in [9.17, 15) is 13.2 Å².